The normalized spacial score (nSPS) is 16.2. The Morgan fingerprint density at radius 2 is 2.08 bits per heavy atom. The van der Waals surface area contributed by atoms with E-state index in [1.165, 1.54) is 34.1 Å². The lowest BCUT2D eigenvalue weighted by Crippen LogP contribution is -2.35. The highest BCUT2D eigenvalue weighted by molar-refractivity contribution is 5.99. The predicted molar refractivity (Wildman–Crippen MR) is 124 cm³/mol. The number of carbonyl (C=O) groups is 2. The summed E-state index contributed by atoms with van der Waals surface area (Å²) in [4.78, 5) is 36.8. The fourth-order valence-corrected chi connectivity index (χ4v) is 4.09. The molecule has 0 radical (unpaired) electrons. The molecule has 0 unspecified atom stereocenters. The number of hydrogen-bond donors (Lipinski definition) is 1. The summed E-state index contributed by atoms with van der Waals surface area (Å²) in [6.07, 6.45) is -0.264. The van der Waals surface area contributed by atoms with E-state index in [0.717, 1.165) is 11.2 Å². The van der Waals surface area contributed by atoms with Crippen LogP contribution in [0.3, 0.4) is 0 Å². The first-order valence-electron chi connectivity index (χ1n) is 11.0. The molecular formula is C22H25F3N8O3. The molecule has 0 saturated carbocycles. The van der Waals surface area contributed by atoms with E-state index < -0.39 is 18.6 Å². The molecule has 1 aliphatic rings. The van der Waals surface area contributed by atoms with Crippen LogP contribution >= 0.6 is 0 Å². The van der Waals surface area contributed by atoms with Gasteiger partial charge in [0.1, 0.15) is 24.3 Å². The maximum absolute atomic E-state index is 13.7. The molecule has 1 saturated heterocycles. The monoisotopic (exact) mass is 506 g/mol. The van der Waals surface area contributed by atoms with E-state index in [1.54, 1.807) is 7.05 Å². The van der Waals surface area contributed by atoms with Crippen LogP contribution in [0.4, 0.5) is 30.5 Å². The van der Waals surface area contributed by atoms with Crippen molar-refractivity contribution in [1.29, 1.82) is 0 Å². The van der Waals surface area contributed by atoms with Gasteiger partial charge in [0.15, 0.2) is 11.5 Å². The molecule has 3 aromatic rings. The third kappa shape index (κ3) is 5.32. The molecule has 0 aliphatic carbocycles. The van der Waals surface area contributed by atoms with Gasteiger partial charge in [-0.05, 0) is 32.6 Å². The number of halogens is 3. The Labute approximate surface area is 204 Å². The van der Waals surface area contributed by atoms with E-state index >= 15 is 0 Å². The van der Waals surface area contributed by atoms with E-state index in [4.69, 9.17) is 10.2 Å². The van der Waals surface area contributed by atoms with Crippen LogP contribution in [0.2, 0.25) is 0 Å². The Balaban J connectivity index is 1.74. The lowest BCUT2D eigenvalue weighted by Gasteiger charge is -2.26. The van der Waals surface area contributed by atoms with Crippen molar-refractivity contribution in [2.75, 3.05) is 43.5 Å². The van der Waals surface area contributed by atoms with E-state index in [0.29, 0.717) is 19.5 Å². The average Bonchev–Trinajstić information content (AvgIpc) is 3.51. The van der Waals surface area contributed by atoms with Crippen molar-refractivity contribution in [2.24, 2.45) is 18.7 Å². The quantitative estimate of drug-likeness (QED) is 0.493. The molecule has 0 spiro atoms. The van der Waals surface area contributed by atoms with Crippen molar-refractivity contribution >= 4 is 29.1 Å². The first-order valence-corrected chi connectivity index (χ1v) is 11.0. The van der Waals surface area contributed by atoms with Gasteiger partial charge in [-0.1, -0.05) is 0 Å². The van der Waals surface area contributed by atoms with E-state index in [2.05, 4.69) is 15.1 Å². The molecule has 1 aliphatic heterocycles. The fourth-order valence-electron chi connectivity index (χ4n) is 4.09. The van der Waals surface area contributed by atoms with Crippen LogP contribution < -0.4 is 15.5 Å². The van der Waals surface area contributed by atoms with Gasteiger partial charge in [-0.25, -0.2) is 9.97 Å². The van der Waals surface area contributed by atoms with Gasteiger partial charge < -0.3 is 20.0 Å². The zero-order valence-corrected chi connectivity index (χ0v) is 19.9. The second-order valence-corrected chi connectivity index (χ2v) is 8.76. The van der Waals surface area contributed by atoms with Crippen molar-refractivity contribution in [3.05, 3.63) is 36.5 Å². The fraction of sp³-hybridized carbons (Fsp3) is 0.409. The number of rotatable bonds is 8. The molecule has 14 heteroatoms. The summed E-state index contributed by atoms with van der Waals surface area (Å²) in [5.74, 6) is -1.25. The number of nitrogens with two attached hydrogens (primary N) is 1. The smallest absolute Gasteiger partial charge is 0.406 e. The van der Waals surface area contributed by atoms with Gasteiger partial charge in [0, 0.05) is 31.9 Å². The molecule has 192 valence electrons. The van der Waals surface area contributed by atoms with Crippen LogP contribution in [0.1, 0.15) is 16.9 Å². The number of primary amides is 1. The van der Waals surface area contributed by atoms with Crippen molar-refractivity contribution in [3.63, 3.8) is 0 Å². The number of carbonyl (C=O) groups excluding carboxylic acids is 2. The van der Waals surface area contributed by atoms with Crippen molar-refractivity contribution < 1.29 is 27.2 Å². The molecular weight excluding hydrogens is 481 g/mol. The number of amides is 2. The number of nitrogens with zero attached hydrogens (tertiary/aromatic N) is 7. The van der Waals surface area contributed by atoms with Gasteiger partial charge in [0.2, 0.25) is 11.8 Å². The highest BCUT2D eigenvalue weighted by atomic mass is 19.4. The van der Waals surface area contributed by atoms with Crippen LogP contribution in [-0.4, -0.2) is 76.4 Å². The summed E-state index contributed by atoms with van der Waals surface area (Å²) in [6, 6.07) is 2.83. The number of aromatic nitrogens is 4. The number of oxazole rings is 1. The lowest BCUT2D eigenvalue weighted by molar-refractivity contribution is -0.120. The third-order valence-corrected chi connectivity index (χ3v) is 5.60. The SMILES string of the molecule is CN(C)C[C@H]1CCN(c2nn(C)cc2N(CC(F)(F)F)c2cc(-c3nc(C(N)=O)co3)ccn2)C1=O. The summed E-state index contributed by atoms with van der Waals surface area (Å²) in [6.45, 7) is -0.527. The number of alkyl halides is 3. The van der Waals surface area contributed by atoms with Crippen LogP contribution in [0.5, 0.6) is 0 Å². The second kappa shape index (κ2) is 9.60. The largest absolute Gasteiger partial charge is 0.444 e. The molecule has 2 amide bonds. The van der Waals surface area contributed by atoms with Crippen LogP contribution in [0.15, 0.2) is 35.2 Å². The van der Waals surface area contributed by atoms with Crippen LogP contribution in [0.25, 0.3) is 11.5 Å². The van der Waals surface area contributed by atoms with Gasteiger partial charge in [-0.3, -0.25) is 19.2 Å². The van der Waals surface area contributed by atoms with Gasteiger partial charge in [-0.15, -0.1) is 0 Å². The van der Waals surface area contributed by atoms with Crippen molar-refractivity contribution in [1.82, 2.24) is 24.6 Å². The zero-order valence-electron chi connectivity index (χ0n) is 19.9. The summed E-state index contributed by atoms with van der Waals surface area (Å²) in [5.41, 5.74) is 5.44. The molecule has 0 bridgehead atoms. The molecule has 1 fully saturated rings. The molecule has 2 N–H and O–H groups in total. The summed E-state index contributed by atoms with van der Waals surface area (Å²) < 4.78 is 47.8. The number of hydrogen-bond acceptors (Lipinski definition) is 8. The van der Waals surface area contributed by atoms with Crippen molar-refractivity contribution in [3.8, 4) is 11.5 Å². The minimum atomic E-state index is -4.60. The molecule has 0 aromatic carbocycles. The number of pyridine rings is 1. The predicted octanol–water partition coefficient (Wildman–Crippen LogP) is 2.18. The standard InChI is InChI=1S/C22H25F3N8O3/c1-30(2)9-14-5-7-32(21(14)35)19-16(10-31(3)29-19)33(12-22(23,24)25)17-8-13(4-6-27-17)20-28-15(11-36-20)18(26)34/h4,6,8,10-11,14H,5,7,9,12H2,1-3H3,(H2,26,34)/t14-/m1/s1. The van der Waals surface area contributed by atoms with Gasteiger partial charge in [-0.2, -0.15) is 18.3 Å². The maximum Gasteiger partial charge on any atom is 0.406 e. The topological polar surface area (TPSA) is 127 Å². The number of anilines is 3. The Morgan fingerprint density at radius 1 is 1.33 bits per heavy atom. The lowest BCUT2D eigenvalue weighted by atomic mass is 10.1. The molecule has 3 aromatic heterocycles. The molecule has 1 atom stereocenters. The molecule has 4 heterocycles. The van der Waals surface area contributed by atoms with E-state index in [-0.39, 0.29) is 46.3 Å². The minimum Gasteiger partial charge on any atom is -0.444 e. The summed E-state index contributed by atoms with van der Waals surface area (Å²) in [5, 5.41) is 4.33. The van der Waals surface area contributed by atoms with Crippen LogP contribution in [0, 0.1) is 5.92 Å². The highest BCUT2D eigenvalue weighted by Crippen LogP contribution is 2.38. The molecule has 4 rings (SSSR count). The first kappa shape index (κ1) is 25.2. The first-order chi connectivity index (χ1) is 16.9. The van der Waals surface area contributed by atoms with Gasteiger partial charge in [0.25, 0.3) is 5.91 Å². The second-order valence-electron chi connectivity index (χ2n) is 8.76. The maximum atomic E-state index is 13.7. The van der Waals surface area contributed by atoms with E-state index in [1.807, 2.05) is 19.0 Å². The average molecular weight is 506 g/mol. The minimum absolute atomic E-state index is 0.00735. The highest BCUT2D eigenvalue weighted by Gasteiger charge is 2.39. The number of aryl methyl sites for hydroxylation is 1. The Hall–Kier alpha value is -3.94. The summed E-state index contributed by atoms with van der Waals surface area (Å²) >= 11 is 0. The van der Waals surface area contributed by atoms with E-state index in [9.17, 15) is 22.8 Å². The van der Waals surface area contributed by atoms with Crippen molar-refractivity contribution in [2.45, 2.75) is 12.6 Å². The Bertz CT molecular complexity index is 1270. The van der Waals surface area contributed by atoms with Gasteiger partial charge in [0.05, 0.1) is 12.1 Å². The Morgan fingerprint density at radius 3 is 2.72 bits per heavy atom. The molecule has 11 nitrogen and oxygen atoms in total. The third-order valence-electron chi connectivity index (χ3n) is 5.60. The van der Waals surface area contributed by atoms with Gasteiger partial charge >= 0.3 is 6.18 Å². The summed E-state index contributed by atoms with van der Waals surface area (Å²) in [7, 11) is 5.27. The zero-order chi connectivity index (χ0) is 26.2. The molecule has 36 heavy (non-hydrogen) atoms. The Kier molecular flexibility index (Phi) is 6.71. The van der Waals surface area contributed by atoms with Crippen LogP contribution in [-0.2, 0) is 11.8 Å².